The highest BCUT2D eigenvalue weighted by molar-refractivity contribution is 5.98. The van der Waals surface area contributed by atoms with Gasteiger partial charge in [-0.15, -0.1) is 0 Å². The highest BCUT2D eigenvalue weighted by atomic mass is 16.6. The zero-order valence-electron chi connectivity index (χ0n) is 42.5. The molecule has 0 bridgehead atoms. The first-order valence-corrected chi connectivity index (χ1v) is 26.6. The van der Waals surface area contributed by atoms with Crippen LogP contribution in [-0.2, 0) is 43.2 Å². The number of nitrogens with zero attached hydrogens (tertiary/aromatic N) is 3. The summed E-state index contributed by atoms with van der Waals surface area (Å²) >= 11 is 0. The van der Waals surface area contributed by atoms with Crippen LogP contribution in [0.4, 0.5) is 0 Å². The molecule has 4 heterocycles. The minimum Gasteiger partial charge on any atom is -0.417 e. The van der Waals surface area contributed by atoms with Gasteiger partial charge in [-0.2, -0.15) is 9.83 Å². The number of H-pyrrole nitrogens is 1. The Kier molecular flexibility index (Phi) is 15.4. The Labute approximate surface area is 409 Å². The summed E-state index contributed by atoms with van der Waals surface area (Å²) in [5, 5.41) is 28.4. The SMILES string of the molecule is CCC(=O)CCCCC[C@@H]1NC(=O)[C@H]2CCCCN2C(=O)[C@H]([C@@H](C)CC)NC(=O)[C@H](Cc2cn(OC)c3ccccc23)NC1=O.C[C@]12Cc3c[nH]nc3C[C@@H]1CC[C@@H]1[C@@H]2CC[C@@]2(C)[C@H]1CC[C@]2(C)O. The van der Waals surface area contributed by atoms with Crippen LogP contribution in [0.2, 0.25) is 0 Å². The minimum absolute atomic E-state index is 0.146. The maximum atomic E-state index is 14.0. The van der Waals surface area contributed by atoms with Crippen LogP contribution in [0.15, 0.2) is 36.7 Å². The molecule has 6 aliphatic rings. The van der Waals surface area contributed by atoms with E-state index < -0.39 is 41.6 Å². The van der Waals surface area contributed by atoms with E-state index in [1.165, 1.54) is 56.2 Å². The Balaban J connectivity index is 0.000000221. The lowest BCUT2D eigenvalue weighted by atomic mass is 9.44. The maximum absolute atomic E-state index is 14.0. The van der Waals surface area contributed by atoms with Crippen LogP contribution in [-0.4, -0.2) is 97.8 Å². The molecule has 3 aromatic rings. The average Bonchev–Trinajstić information content (AvgIpc) is 4.02. The van der Waals surface area contributed by atoms with Gasteiger partial charge in [-0.3, -0.25) is 29.1 Å². The largest absolute Gasteiger partial charge is 0.417 e. The van der Waals surface area contributed by atoms with Crippen molar-refractivity contribution in [2.45, 2.75) is 193 Å². The van der Waals surface area contributed by atoms with E-state index in [9.17, 15) is 29.1 Å². The summed E-state index contributed by atoms with van der Waals surface area (Å²) in [5.74, 6) is 1.71. The molecule has 378 valence electrons. The lowest BCUT2D eigenvalue weighted by Crippen LogP contribution is -2.64. The third-order valence-electron chi connectivity index (χ3n) is 18.8. The number of ketones is 1. The number of Topliss-reactive ketones (excluding diaryl/α,β-unsaturated/α-hetero) is 1. The van der Waals surface area contributed by atoms with E-state index in [1.807, 2.05) is 45.0 Å². The molecule has 4 aliphatic carbocycles. The topological polar surface area (TPSA) is 188 Å². The summed E-state index contributed by atoms with van der Waals surface area (Å²) in [4.78, 5) is 74.5. The van der Waals surface area contributed by atoms with Gasteiger partial charge in [0.1, 0.15) is 37.1 Å². The second-order valence-corrected chi connectivity index (χ2v) is 22.6. The summed E-state index contributed by atoms with van der Waals surface area (Å²) in [6.07, 6.45) is 20.1. The van der Waals surface area contributed by atoms with E-state index in [0.29, 0.717) is 56.9 Å². The highest BCUT2D eigenvalue weighted by Gasteiger charge is 2.63. The van der Waals surface area contributed by atoms with Gasteiger partial charge in [0.2, 0.25) is 23.6 Å². The number of rotatable bonds is 12. The van der Waals surface area contributed by atoms with Gasteiger partial charge in [-0.25, -0.2) is 0 Å². The first kappa shape index (κ1) is 50.7. The predicted molar refractivity (Wildman–Crippen MR) is 266 cm³/mol. The van der Waals surface area contributed by atoms with Gasteiger partial charge in [0.05, 0.1) is 16.8 Å². The van der Waals surface area contributed by atoms with Crippen molar-refractivity contribution in [2.24, 2.45) is 40.4 Å². The van der Waals surface area contributed by atoms with Crippen LogP contribution in [0.1, 0.15) is 161 Å². The van der Waals surface area contributed by atoms with E-state index in [0.717, 1.165) is 65.8 Å². The molecule has 5 fully saturated rings. The number of fused-ring (bicyclic) bond motifs is 8. The number of carbonyl (C=O) groups excluding carboxylic acids is 5. The molecule has 69 heavy (non-hydrogen) atoms. The van der Waals surface area contributed by atoms with E-state index in [2.05, 4.69) is 53.1 Å². The van der Waals surface area contributed by atoms with Crippen LogP contribution >= 0.6 is 0 Å². The van der Waals surface area contributed by atoms with Crippen molar-refractivity contribution in [3.8, 4) is 0 Å². The van der Waals surface area contributed by atoms with Crippen LogP contribution in [0.3, 0.4) is 0 Å². The van der Waals surface area contributed by atoms with Crippen molar-refractivity contribution in [1.82, 2.24) is 35.8 Å². The first-order valence-electron chi connectivity index (χ1n) is 26.6. The quantitative estimate of drug-likeness (QED) is 0.118. The number of unbranched alkanes of at least 4 members (excludes halogenated alkanes) is 2. The molecule has 0 spiro atoms. The molecule has 0 radical (unpaired) electrons. The van der Waals surface area contributed by atoms with Gasteiger partial charge in [0.15, 0.2) is 0 Å². The Hall–Kier alpha value is -4.72. The van der Waals surface area contributed by atoms with Gasteiger partial charge >= 0.3 is 0 Å². The van der Waals surface area contributed by atoms with Gasteiger partial charge < -0.3 is 30.8 Å². The molecule has 2 saturated heterocycles. The second kappa shape index (κ2) is 20.9. The fourth-order valence-electron chi connectivity index (χ4n) is 14.1. The van der Waals surface area contributed by atoms with Crippen LogP contribution in [0.5, 0.6) is 0 Å². The van der Waals surface area contributed by atoms with Gasteiger partial charge in [0, 0.05) is 43.6 Å². The number of carbonyl (C=O) groups is 5. The van der Waals surface area contributed by atoms with Crippen molar-refractivity contribution < 1.29 is 33.9 Å². The second-order valence-electron chi connectivity index (χ2n) is 22.6. The summed E-state index contributed by atoms with van der Waals surface area (Å²) < 4.78 is 1.62. The molecule has 1 aromatic carbocycles. The monoisotopic (exact) mass is 952 g/mol. The average molecular weight is 952 g/mol. The van der Waals surface area contributed by atoms with Gasteiger partial charge in [0.25, 0.3) is 0 Å². The van der Waals surface area contributed by atoms with E-state index in [1.54, 1.807) is 22.9 Å². The van der Waals surface area contributed by atoms with E-state index in [4.69, 9.17) is 4.84 Å². The number of aliphatic hydroxyl groups is 1. The number of benzene rings is 1. The predicted octanol–water partition coefficient (Wildman–Crippen LogP) is 7.19. The lowest BCUT2D eigenvalue weighted by Gasteiger charge is -2.60. The van der Waals surface area contributed by atoms with Crippen molar-refractivity contribution in [1.29, 1.82) is 0 Å². The number of piperidine rings is 1. The summed E-state index contributed by atoms with van der Waals surface area (Å²) in [6.45, 7) is 13.2. The van der Waals surface area contributed by atoms with Crippen LogP contribution in [0.25, 0.3) is 10.9 Å². The highest BCUT2D eigenvalue weighted by Crippen LogP contribution is 2.67. The Morgan fingerprint density at radius 3 is 2.42 bits per heavy atom. The molecule has 3 saturated carbocycles. The molecule has 5 N–H and O–H groups in total. The molecule has 14 nitrogen and oxygen atoms in total. The minimum atomic E-state index is -1.01. The number of aromatic nitrogens is 3. The van der Waals surface area contributed by atoms with Crippen LogP contribution < -0.4 is 20.8 Å². The maximum Gasteiger partial charge on any atom is 0.246 e. The van der Waals surface area contributed by atoms with Gasteiger partial charge in [-0.1, -0.05) is 72.1 Å². The zero-order chi connectivity index (χ0) is 49.3. The number of hydrogen-bond donors (Lipinski definition) is 5. The van der Waals surface area contributed by atoms with E-state index in [-0.39, 0.29) is 35.4 Å². The Morgan fingerprint density at radius 2 is 1.65 bits per heavy atom. The fraction of sp³-hybridized carbons (Fsp3) is 0.709. The number of amides is 4. The summed E-state index contributed by atoms with van der Waals surface area (Å²) in [5.41, 5.74) is 4.56. The number of nitrogens with one attached hydrogen (secondary N) is 4. The zero-order valence-corrected chi connectivity index (χ0v) is 42.5. The molecule has 2 aromatic heterocycles. The van der Waals surface area contributed by atoms with Crippen molar-refractivity contribution in [2.75, 3.05) is 13.7 Å². The van der Waals surface area contributed by atoms with Crippen molar-refractivity contribution in [3.05, 3.63) is 53.5 Å². The summed E-state index contributed by atoms with van der Waals surface area (Å²) in [6, 6.07) is 4.20. The Bertz CT molecular complexity index is 2340. The molecule has 4 amide bonds. The normalized spacial score (nSPS) is 33.9. The molecule has 2 aliphatic heterocycles. The van der Waals surface area contributed by atoms with Gasteiger partial charge in [-0.05, 0) is 148 Å². The summed E-state index contributed by atoms with van der Waals surface area (Å²) in [7, 11) is 1.56. The molecule has 14 heteroatoms. The number of para-hydroxylation sites is 1. The molecule has 0 unspecified atom stereocenters. The lowest BCUT2D eigenvalue weighted by molar-refractivity contribution is -0.147. The number of aromatic amines is 1. The smallest absolute Gasteiger partial charge is 0.246 e. The number of hydrogen-bond acceptors (Lipinski definition) is 8. The van der Waals surface area contributed by atoms with Crippen molar-refractivity contribution >= 4 is 40.3 Å². The van der Waals surface area contributed by atoms with E-state index >= 15 is 0 Å². The molecule has 9 rings (SSSR count). The van der Waals surface area contributed by atoms with Crippen LogP contribution in [0, 0.1) is 40.4 Å². The third kappa shape index (κ3) is 9.98. The molecular weight excluding hydrogens is 871 g/mol. The first-order chi connectivity index (χ1) is 33.0. The molecular formula is C55H81N7O7. The molecule has 12 atom stereocenters. The Morgan fingerprint density at radius 1 is 0.899 bits per heavy atom. The fourth-order valence-corrected chi connectivity index (χ4v) is 14.1. The standard InChI is InChI=1S/C34H49N5O6.C21H32N2O/c1-5-22(3)30-34(44)38-19-13-12-18-29(38)33(43)35-26(16-9-7-8-14-24(40)6-2)31(41)36-27(32(42)37-30)20-23-21-39(45-4)28-17-11-10-15-25(23)28;1-19-11-13-12-22-23-18(13)10-14(19)4-5-15-16(19)6-8-20(2)17(15)7-9-21(20,3)24/h10-11,15,17,21-22,26-27,29-30H,5-9,12-14,16,18-20H2,1-4H3,(H,35,43)(H,36,41)(H,37,42);12,14-17,24H,4-11H2,1-3H3,(H,22,23)/t22-,26-,27-,29+,30-;14-,15+,16-,17-,19-,20-,21-/m00/s1. The third-order valence-corrected chi connectivity index (χ3v) is 18.8. The van der Waals surface area contributed by atoms with Crippen molar-refractivity contribution in [3.63, 3.8) is 0 Å².